The SMILES string of the molecule is CC[C@H]1CN(c2c(C)nc(C(N)=O)c(=O)n2C)CCN1C1CCN(Cc2ccc(Cl)cc2F)CC1. The number of rotatable bonds is 6. The standard InChI is InChI=1S/C25H34ClFN6O2/c1-4-19-15-32(24-16(2)29-22(23(28)34)25(35)30(24)3)11-12-33(19)20-7-9-31(10-8-20)14-17-5-6-18(26)13-21(17)27/h5-6,13,19-20H,4,7-12,14-15H2,1-3H3,(H2,28,34)/t19-/m0/s1. The lowest BCUT2D eigenvalue weighted by Crippen LogP contribution is -2.59. The number of primary amides is 1. The van der Waals surface area contributed by atoms with E-state index in [9.17, 15) is 14.0 Å². The van der Waals surface area contributed by atoms with Crippen LogP contribution in [0.4, 0.5) is 10.2 Å². The third kappa shape index (κ3) is 5.37. The van der Waals surface area contributed by atoms with Gasteiger partial charge in [0.05, 0.1) is 5.69 Å². The van der Waals surface area contributed by atoms with Crippen LogP contribution in [0.5, 0.6) is 0 Å². The molecule has 4 rings (SSSR count). The molecule has 3 heterocycles. The van der Waals surface area contributed by atoms with Crippen LogP contribution < -0.4 is 16.2 Å². The summed E-state index contributed by atoms with van der Waals surface area (Å²) in [4.78, 5) is 35.5. The highest BCUT2D eigenvalue weighted by atomic mass is 35.5. The first kappa shape index (κ1) is 25.6. The van der Waals surface area contributed by atoms with E-state index in [2.05, 4.69) is 26.6 Å². The largest absolute Gasteiger partial charge is 0.364 e. The van der Waals surface area contributed by atoms with E-state index in [1.165, 1.54) is 10.6 Å². The van der Waals surface area contributed by atoms with E-state index in [0.717, 1.165) is 57.8 Å². The molecule has 0 spiro atoms. The number of aryl methyl sites for hydroxylation is 1. The molecule has 0 aliphatic carbocycles. The van der Waals surface area contributed by atoms with Crippen molar-refractivity contribution in [3.63, 3.8) is 0 Å². The quantitative estimate of drug-likeness (QED) is 0.650. The van der Waals surface area contributed by atoms with Crippen molar-refractivity contribution >= 4 is 23.3 Å². The predicted molar refractivity (Wildman–Crippen MR) is 135 cm³/mol. The monoisotopic (exact) mass is 504 g/mol. The number of piperazine rings is 1. The average molecular weight is 505 g/mol. The molecule has 0 unspecified atom stereocenters. The first-order valence-electron chi connectivity index (χ1n) is 12.2. The Bertz CT molecular complexity index is 1150. The van der Waals surface area contributed by atoms with Crippen molar-refractivity contribution in [1.29, 1.82) is 0 Å². The highest BCUT2D eigenvalue weighted by Crippen LogP contribution is 2.27. The summed E-state index contributed by atoms with van der Waals surface area (Å²) in [5, 5.41) is 0.421. The molecule has 1 aromatic heterocycles. The summed E-state index contributed by atoms with van der Waals surface area (Å²) in [5.74, 6) is -0.301. The first-order chi connectivity index (χ1) is 16.7. The lowest BCUT2D eigenvalue weighted by atomic mass is 9.97. The lowest BCUT2D eigenvalue weighted by Gasteiger charge is -2.48. The van der Waals surface area contributed by atoms with E-state index >= 15 is 0 Å². The van der Waals surface area contributed by atoms with Crippen molar-refractivity contribution in [1.82, 2.24) is 19.4 Å². The second-order valence-electron chi connectivity index (χ2n) is 9.59. The first-order valence-corrected chi connectivity index (χ1v) is 12.6. The Kier molecular flexibility index (Phi) is 7.78. The van der Waals surface area contributed by atoms with E-state index < -0.39 is 11.5 Å². The fraction of sp³-hybridized carbons (Fsp3) is 0.560. The summed E-state index contributed by atoms with van der Waals surface area (Å²) >= 11 is 5.88. The van der Waals surface area contributed by atoms with Gasteiger partial charge in [0.2, 0.25) is 0 Å². The predicted octanol–water partition coefficient (Wildman–Crippen LogP) is 2.55. The molecule has 2 N–H and O–H groups in total. The van der Waals surface area contributed by atoms with E-state index in [0.29, 0.717) is 34.9 Å². The number of piperidine rings is 1. The van der Waals surface area contributed by atoms with Gasteiger partial charge in [0.25, 0.3) is 11.5 Å². The Hall–Kier alpha value is -2.49. The zero-order chi connectivity index (χ0) is 25.3. The molecule has 0 radical (unpaired) electrons. The van der Waals surface area contributed by atoms with Gasteiger partial charge in [-0.05, 0) is 51.4 Å². The maximum absolute atomic E-state index is 14.2. The summed E-state index contributed by atoms with van der Waals surface area (Å²) in [6, 6.07) is 5.72. The Labute approximate surface area is 210 Å². The van der Waals surface area contributed by atoms with Crippen LogP contribution in [-0.4, -0.2) is 70.1 Å². The van der Waals surface area contributed by atoms with Crippen molar-refractivity contribution in [2.24, 2.45) is 12.8 Å². The number of carbonyl (C=O) groups is 1. The highest BCUT2D eigenvalue weighted by Gasteiger charge is 2.34. The fourth-order valence-corrected chi connectivity index (χ4v) is 5.73. The summed E-state index contributed by atoms with van der Waals surface area (Å²) in [6.07, 6.45) is 3.07. The second kappa shape index (κ2) is 10.6. The number of aromatic nitrogens is 2. The van der Waals surface area contributed by atoms with Crippen LogP contribution in [0, 0.1) is 12.7 Å². The molecule has 2 fully saturated rings. The van der Waals surface area contributed by atoms with Gasteiger partial charge < -0.3 is 10.6 Å². The van der Waals surface area contributed by atoms with Crippen LogP contribution >= 0.6 is 11.6 Å². The molecule has 2 aromatic rings. The minimum Gasteiger partial charge on any atom is -0.364 e. The average Bonchev–Trinajstić information content (AvgIpc) is 2.83. The molecular weight excluding hydrogens is 471 g/mol. The van der Waals surface area contributed by atoms with E-state index in [1.54, 1.807) is 19.2 Å². The molecule has 10 heteroatoms. The second-order valence-corrected chi connectivity index (χ2v) is 10.0. The number of nitrogens with zero attached hydrogens (tertiary/aromatic N) is 5. The molecule has 0 bridgehead atoms. The van der Waals surface area contributed by atoms with Crippen molar-refractivity contribution in [3.05, 3.63) is 56.3 Å². The minimum absolute atomic E-state index is 0.218. The Morgan fingerprint density at radius 1 is 1.23 bits per heavy atom. The summed E-state index contributed by atoms with van der Waals surface area (Å²) in [7, 11) is 1.67. The number of likely N-dealkylation sites (tertiary alicyclic amines) is 1. The smallest absolute Gasteiger partial charge is 0.283 e. The molecule has 2 aliphatic rings. The van der Waals surface area contributed by atoms with Crippen molar-refractivity contribution in [2.75, 3.05) is 37.6 Å². The zero-order valence-corrected chi connectivity index (χ0v) is 21.4. The molecule has 35 heavy (non-hydrogen) atoms. The van der Waals surface area contributed by atoms with Gasteiger partial charge in [0.1, 0.15) is 11.6 Å². The molecule has 2 aliphatic heterocycles. The number of hydrogen-bond donors (Lipinski definition) is 1. The number of benzene rings is 1. The summed E-state index contributed by atoms with van der Waals surface area (Å²) in [6.45, 7) is 8.91. The Morgan fingerprint density at radius 3 is 2.57 bits per heavy atom. The van der Waals surface area contributed by atoms with Gasteiger partial charge in [-0.3, -0.25) is 24.0 Å². The molecule has 8 nitrogen and oxygen atoms in total. The molecular formula is C25H34ClFN6O2. The number of nitrogens with two attached hydrogens (primary N) is 1. The molecule has 0 saturated carbocycles. The van der Waals surface area contributed by atoms with Gasteiger partial charge in [-0.2, -0.15) is 0 Å². The Balaban J connectivity index is 1.40. The van der Waals surface area contributed by atoms with Gasteiger partial charge in [-0.25, -0.2) is 9.37 Å². The van der Waals surface area contributed by atoms with Crippen LogP contribution in [0.2, 0.25) is 5.02 Å². The van der Waals surface area contributed by atoms with Gasteiger partial charge in [-0.1, -0.05) is 24.6 Å². The number of hydrogen-bond acceptors (Lipinski definition) is 6. The fourth-order valence-electron chi connectivity index (χ4n) is 5.57. The van der Waals surface area contributed by atoms with Crippen molar-refractivity contribution in [3.8, 4) is 0 Å². The topological polar surface area (TPSA) is 87.7 Å². The molecule has 190 valence electrons. The Morgan fingerprint density at radius 2 is 1.94 bits per heavy atom. The van der Waals surface area contributed by atoms with E-state index in [4.69, 9.17) is 17.3 Å². The maximum atomic E-state index is 14.2. The van der Waals surface area contributed by atoms with Crippen LogP contribution in [0.25, 0.3) is 0 Å². The molecule has 1 amide bonds. The van der Waals surface area contributed by atoms with E-state index in [1.807, 2.05) is 6.92 Å². The molecule has 2 saturated heterocycles. The normalized spacial score (nSPS) is 20.4. The third-order valence-electron chi connectivity index (χ3n) is 7.40. The minimum atomic E-state index is -0.804. The molecule has 1 aromatic carbocycles. The third-order valence-corrected chi connectivity index (χ3v) is 7.63. The number of anilines is 1. The summed E-state index contributed by atoms with van der Waals surface area (Å²) < 4.78 is 15.7. The van der Waals surface area contributed by atoms with Gasteiger partial charge in [0, 0.05) is 55.9 Å². The van der Waals surface area contributed by atoms with Crippen LogP contribution in [0.15, 0.2) is 23.0 Å². The number of carbonyl (C=O) groups excluding carboxylic acids is 1. The van der Waals surface area contributed by atoms with E-state index in [-0.39, 0.29) is 11.5 Å². The molecule has 1 atom stereocenters. The van der Waals surface area contributed by atoms with Gasteiger partial charge >= 0.3 is 0 Å². The van der Waals surface area contributed by atoms with Crippen LogP contribution in [-0.2, 0) is 13.6 Å². The van der Waals surface area contributed by atoms with Gasteiger partial charge in [0.15, 0.2) is 5.69 Å². The number of amides is 1. The summed E-state index contributed by atoms with van der Waals surface area (Å²) in [5.41, 5.74) is 5.97. The zero-order valence-electron chi connectivity index (χ0n) is 20.6. The van der Waals surface area contributed by atoms with Gasteiger partial charge in [-0.15, -0.1) is 0 Å². The highest BCUT2D eigenvalue weighted by molar-refractivity contribution is 6.30. The van der Waals surface area contributed by atoms with Crippen LogP contribution in [0.3, 0.4) is 0 Å². The maximum Gasteiger partial charge on any atom is 0.283 e. The van der Waals surface area contributed by atoms with Crippen molar-refractivity contribution in [2.45, 2.75) is 51.7 Å². The van der Waals surface area contributed by atoms with Crippen LogP contribution in [0.1, 0.15) is 47.9 Å². The number of halogens is 2. The van der Waals surface area contributed by atoms with Crippen molar-refractivity contribution < 1.29 is 9.18 Å². The lowest BCUT2D eigenvalue weighted by molar-refractivity contribution is 0.0605.